The van der Waals surface area contributed by atoms with E-state index in [0.717, 1.165) is 21.2 Å². The Bertz CT molecular complexity index is 1260. The zero-order valence-corrected chi connectivity index (χ0v) is 17.9. The minimum atomic E-state index is -0.153. The number of hydrogen-bond acceptors (Lipinski definition) is 6. The van der Waals surface area contributed by atoms with E-state index >= 15 is 0 Å². The number of para-hydroxylation sites is 3. The van der Waals surface area contributed by atoms with Crippen molar-refractivity contribution in [3.8, 4) is 5.75 Å². The van der Waals surface area contributed by atoms with E-state index in [4.69, 9.17) is 21.4 Å². The Hall–Kier alpha value is -3.36. The van der Waals surface area contributed by atoms with Crippen molar-refractivity contribution in [1.82, 2.24) is 9.78 Å². The van der Waals surface area contributed by atoms with Crippen molar-refractivity contribution in [2.24, 2.45) is 0 Å². The number of anilines is 2. The lowest BCUT2D eigenvalue weighted by Gasteiger charge is -2.30. The lowest BCUT2D eigenvalue weighted by atomic mass is 10.2. The molecule has 1 amide bonds. The number of fused-ring (bicyclic) bond motifs is 2. The van der Waals surface area contributed by atoms with E-state index in [2.05, 4.69) is 5.10 Å². The Morgan fingerprint density at radius 2 is 1.55 bits per heavy atom. The van der Waals surface area contributed by atoms with Gasteiger partial charge < -0.3 is 9.15 Å². The van der Waals surface area contributed by atoms with E-state index in [1.807, 2.05) is 78.9 Å². The van der Waals surface area contributed by atoms with Gasteiger partial charge in [0, 0.05) is 9.79 Å². The molecule has 3 aromatic carbocycles. The quantitative estimate of drug-likeness (QED) is 0.371. The molecule has 0 unspecified atom stereocenters. The van der Waals surface area contributed by atoms with Gasteiger partial charge in [0.25, 0.3) is 16.6 Å². The summed E-state index contributed by atoms with van der Waals surface area (Å²) in [5.74, 6) is 0.866. The third-order valence-corrected chi connectivity index (χ3v) is 6.14. The molecule has 5 rings (SSSR count). The van der Waals surface area contributed by atoms with Gasteiger partial charge in [-0.25, -0.2) is 4.68 Å². The maximum Gasteiger partial charge on any atom is 0.287 e. The third-order valence-electron chi connectivity index (χ3n) is 4.72. The fourth-order valence-corrected chi connectivity index (χ4v) is 4.60. The van der Waals surface area contributed by atoms with Crippen LogP contribution in [-0.4, -0.2) is 15.7 Å². The predicted molar refractivity (Wildman–Crippen MR) is 120 cm³/mol. The second kappa shape index (κ2) is 8.41. The van der Waals surface area contributed by atoms with Crippen molar-refractivity contribution in [1.29, 1.82) is 0 Å². The van der Waals surface area contributed by atoms with Crippen molar-refractivity contribution < 1.29 is 13.9 Å². The van der Waals surface area contributed by atoms with Crippen LogP contribution in [0, 0.1) is 4.84 Å². The van der Waals surface area contributed by atoms with Crippen molar-refractivity contribution in [2.75, 3.05) is 4.90 Å². The van der Waals surface area contributed by atoms with Crippen LogP contribution in [0.2, 0.25) is 0 Å². The zero-order chi connectivity index (χ0) is 21.2. The predicted octanol–water partition coefficient (Wildman–Crippen LogP) is 5.61. The van der Waals surface area contributed by atoms with Gasteiger partial charge in [-0.2, -0.15) is 0 Å². The molecule has 1 aromatic heterocycles. The number of ether oxygens (including phenoxy) is 1. The van der Waals surface area contributed by atoms with Gasteiger partial charge in [0.2, 0.25) is 0 Å². The normalized spacial score (nSPS) is 12.2. The monoisotopic (exact) mass is 447 g/mol. The number of rotatable bonds is 5. The Kier molecular flexibility index (Phi) is 5.31. The highest BCUT2D eigenvalue weighted by Crippen LogP contribution is 2.47. The molecule has 0 aliphatic carbocycles. The first-order chi connectivity index (χ1) is 15.2. The molecule has 0 saturated heterocycles. The summed E-state index contributed by atoms with van der Waals surface area (Å²) in [6.45, 7) is 0.0852. The summed E-state index contributed by atoms with van der Waals surface area (Å²) in [7, 11) is 0. The van der Waals surface area contributed by atoms with E-state index in [0.29, 0.717) is 11.6 Å². The fourth-order valence-electron chi connectivity index (χ4n) is 3.34. The molecule has 0 spiro atoms. The number of hydrogen-bond donors (Lipinski definition) is 0. The molecular weight excluding hydrogens is 430 g/mol. The van der Waals surface area contributed by atoms with E-state index in [1.165, 1.54) is 4.68 Å². The van der Waals surface area contributed by atoms with Crippen molar-refractivity contribution in [2.45, 2.75) is 22.9 Å². The summed E-state index contributed by atoms with van der Waals surface area (Å²) in [6, 6.07) is 25.1. The number of carbonyl (C=O) groups excluding carboxylic acids is 1. The molecule has 0 atom stereocenters. The Balaban J connectivity index is 1.39. The van der Waals surface area contributed by atoms with Gasteiger partial charge in [-0.05, 0) is 48.6 Å². The van der Waals surface area contributed by atoms with Crippen LogP contribution >= 0.6 is 24.0 Å². The first kappa shape index (κ1) is 19.6. The second-order valence-corrected chi connectivity index (χ2v) is 8.22. The van der Waals surface area contributed by atoms with Crippen molar-refractivity contribution in [3.05, 3.63) is 89.6 Å². The van der Waals surface area contributed by atoms with Crippen molar-refractivity contribution >= 4 is 41.3 Å². The van der Waals surface area contributed by atoms with Gasteiger partial charge in [-0.3, -0.25) is 9.69 Å². The molecule has 0 bridgehead atoms. The minimum Gasteiger partial charge on any atom is -0.484 e. The van der Waals surface area contributed by atoms with Crippen LogP contribution in [0.1, 0.15) is 5.89 Å². The van der Waals surface area contributed by atoms with Crippen LogP contribution < -0.4 is 9.64 Å². The lowest BCUT2D eigenvalue weighted by molar-refractivity contribution is -0.118. The average molecular weight is 448 g/mol. The number of aromatic nitrogens is 2. The largest absolute Gasteiger partial charge is 0.484 e. The Morgan fingerprint density at radius 1 is 0.935 bits per heavy atom. The van der Waals surface area contributed by atoms with E-state index < -0.39 is 0 Å². The highest BCUT2D eigenvalue weighted by molar-refractivity contribution is 7.99. The topological polar surface area (TPSA) is 60.5 Å². The summed E-state index contributed by atoms with van der Waals surface area (Å²) < 4.78 is 12.6. The van der Waals surface area contributed by atoms with Crippen LogP contribution in [0.4, 0.5) is 11.4 Å². The van der Waals surface area contributed by atoms with Gasteiger partial charge in [0.15, 0.2) is 6.61 Å². The SMILES string of the molecule is O=C(Cn1nc(COc2ccccc2)oc1=S)N1c2ccccc2Sc2ccccc21. The molecule has 0 N–H and O–H groups in total. The van der Waals surface area contributed by atoms with Gasteiger partial charge in [-0.1, -0.05) is 54.2 Å². The van der Waals surface area contributed by atoms with Gasteiger partial charge >= 0.3 is 0 Å². The maximum absolute atomic E-state index is 13.4. The third kappa shape index (κ3) is 3.99. The first-order valence-corrected chi connectivity index (χ1v) is 10.8. The number of benzene rings is 3. The maximum atomic E-state index is 13.4. The number of amides is 1. The molecular formula is C23H17N3O3S2. The zero-order valence-electron chi connectivity index (χ0n) is 16.3. The summed E-state index contributed by atoms with van der Waals surface area (Å²) in [4.78, 5) is 17.3. The summed E-state index contributed by atoms with van der Waals surface area (Å²) in [5.41, 5.74) is 1.69. The molecule has 0 radical (unpaired) electrons. The smallest absolute Gasteiger partial charge is 0.287 e. The van der Waals surface area contributed by atoms with Crippen LogP contribution in [0.15, 0.2) is 93.1 Å². The van der Waals surface area contributed by atoms with Crippen LogP contribution in [-0.2, 0) is 17.9 Å². The molecule has 0 fully saturated rings. The minimum absolute atomic E-state index is 0.0407. The van der Waals surface area contributed by atoms with E-state index in [9.17, 15) is 4.79 Å². The van der Waals surface area contributed by atoms with Gasteiger partial charge in [-0.15, -0.1) is 5.10 Å². The fraction of sp³-hybridized carbons (Fsp3) is 0.0870. The standard InChI is InChI=1S/C23H17N3O3S2/c27-22(14-25-23(30)29-21(24-25)15-28-16-8-2-1-3-9-16)26-17-10-4-6-12-19(17)31-20-13-7-5-11-18(20)26/h1-13H,14-15H2. The summed E-state index contributed by atoms with van der Waals surface area (Å²) in [6.07, 6.45) is 0. The van der Waals surface area contributed by atoms with Crippen molar-refractivity contribution in [3.63, 3.8) is 0 Å². The first-order valence-electron chi connectivity index (χ1n) is 9.62. The molecule has 2 heterocycles. The van der Waals surface area contributed by atoms with Crippen LogP contribution in [0.5, 0.6) is 5.75 Å². The summed E-state index contributed by atoms with van der Waals surface area (Å²) in [5, 5.41) is 4.34. The van der Waals surface area contributed by atoms with Crippen LogP contribution in [0.3, 0.4) is 0 Å². The Morgan fingerprint density at radius 3 is 2.23 bits per heavy atom. The van der Waals surface area contributed by atoms with E-state index in [1.54, 1.807) is 16.7 Å². The number of nitrogens with zero attached hydrogens (tertiary/aromatic N) is 3. The molecule has 31 heavy (non-hydrogen) atoms. The average Bonchev–Trinajstić information content (AvgIpc) is 3.15. The van der Waals surface area contributed by atoms with Gasteiger partial charge in [0.05, 0.1) is 11.4 Å². The number of carbonyl (C=O) groups is 1. The van der Waals surface area contributed by atoms with Crippen LogP contribution in [0.25, 0.3) is 0 Å². The molecule has 0 saturated carbocycles. The molecule has 8 heteroatoms. The highest BCUT2D eigenvalue weighted by atomic mass is 32.2. The summed E-state index contributed by atoms with van der Waals surface area (Å²) >= 11 is 6.93. The molecule has 6 nitrogen and oxygen atoms in total. The molecule has 154 valence electrons. The second-order valence-electron chi connectivity index (χ2n) is 6.79. The lowest BCUT2D eigenvalue weighted by Crippen LogP contribution is -2.32. The van der Waals surface area contributed by atoms with E-state index in [-0.39, 0.29) is 23.9 Å². The molecule has 4 aromatic rings. The molecule has 1 aliphatic heterocycles. The Labute approximate surface area is 188 Å². The van der Waals surface area contributed by atoms with Gasteiger partial charge in [0.1, 0.15) is 12.3 Å². The highest BCUT2D eigenvalue weighted by Gasteiger charge is 2.28. The molecule has 1 aliphatic rings.